The Kier molecular flexibility index (Phi) is 3.51. The molecule has 1 saturated carbocycles. The van der Waals surface area contributed by atoms with Crippen molar-refractivity contribution in [2.75, 3.05) is 7.11 Å². The van der Waals surface area contributed by atoms with E-state index in [1.165, 1.54) is 0 Å². The van der Waals surface area contributed by atoms with Gasteiger partial charge in [0.25, 0.3) is 0 Å². The molecule has 1 aromatic heterocycles. The Balaban J connectivity index is 2.10. The molecule has 21 heavy (non-hydrogen) atoms. The maximum Gasteiger partial charge on any atom is 0.335 e. The highest BCUT2D eigenvalue weighted by Gasteiger charge is 2.30. The van der Waals surface area contributed by atoms with Gasteiger partial charge < -0.3 is 14.8 Å². The normalized spacial score (nSPS) is 14.4. The number of nitrogens with one attached hydrogen (secondary N) is 1. The molecule has 0 radical (unpaired) electrons. The van der Waals surface area contributed by atoms with Crippen molar-refractivity contribution in [3.8, 4) is 11.3 Å². The third-order valence-corrected chi connectivity index (χ3v) is 3.79. The van der Waals surface area contributed by atoms with Crippen LogP contribution in [0, 0.1) is 6.92 Å². The van der Waals surface area contributed by atoms with Crippen LogP contribution < -0.4 is 0 Å². The number of hydrogen-bond donors (Lipinski definition) is 2. The zero-order valence-electron chi connectivity index (χ0n) is 12.1. The van der Waals surface area contributed by atoms with E-state index in [4.69, 9.17) is 4.74 Å². The fourth-order valence-corrected chi connectivity index (χ4v) is 2.53. The number of aromatic nitrogens is 2. The molecule has 1 aliphatic rings. The van der Waals surface area contributed by atoms with Gasteiger partial charge in [-0.2, -0.15) is 0 Å². The smallest absolute Gasteiger partial charge is 0.335 e. The van der Waals surface area contributed by atoms with E-state index in [9.17, 15) is 9.90 Å². The average Bonchev–Trinajstić information content (AvgIpc) is 3.21. The third kappa shape index (κ3) is 2.69. The first-order chi connectivity index (χ1) is 10.1. The molecule has 5 heteroatoms. The number of hydrogen-bond acceptors (Lipinski definition) is 3. The minimum atomic E-state index is -0.920. The van der Waals surface area contributed by atoms with Crippen molar-refractivity contribution in [3.63, 3.8) is 0 Å². The van der Waals surface area contributed by atoms with E-state index < -0.39 is 5.97 Å². The molecule has 0 amide bonds. The molecule has 0 atom stereocenters. The van der Waals surface area contributed by atoms with Gasteiger partial charge in [0.1, 0.15) is 12.4 Å². The zero-order chi connectivity index (χ0) is 15.0. The highest BCUT2D eigenvalue weighted by atomic mass is 16.5. The number of methoxy groups -OCH3 is 1. The van der Waals surface area contributed by atoms with E-state index in [2.05, 4.69) is 9.97 Å². The molecule has 2 N–H and O–H groups in total. The highest BCUT2D eigenvalue weighted by Crippen LogP contribution is 2.43. The second-order valence-corrected chi connectivity index (χ2v) is 5.49. The van der Waals surface area contributed by atoms with Crippen LogP contribution in [0.3, 0.4) is 0 Å². The maximum absolute atomic E-state index is 11.2. The number of rotatable bonds is 5. The summed E-state index contributed by atoms with van der Waals surface area (Å²) in [6.45, 7) is 2.40. The van der Waals surface area contributed by atoms with Gasteiger partial charge in [0.2, 0.25) is 0 Å². The van der Waals surface area contributed by atoms with Crippen molar-refractivity contribution < 1.29 is 14.6 Å². The van der Waals surface area contributed by atoms with E-state index >= 15 is 0 Å². The van der Waals surface area contributed by atoms with E-state index in [1.807, 2.05) is 13.0 Å². The Labute approximate surface area is 123 Å². The summed E-state index contributed by atoms with van der Waals surface area (Å²) in [6.07, 6.45) is 2.30. The SMILES string of the molecule is COCc1nc(-c2cc(C(=O)O)ccc2C)c(C2CC2)[nH]1. The Bertz CT molecular complexity index is 687. The second kappa shape index (κ2) is 5.33. The van der Waals surface area contributed by atoms with Crippen molar-refractivity contribution in [1.82, 2.24) is 9.97 Å². The minimum Gasteiger partial charge on any atom is -0.478 e. The van der Waals surface area contributed by atoms with Crippen LogP contribution in [0.1, 0.15) is 46.2 Å². The molecule has 3 rings (SSSR count). The van der Waals surface area contributed by atoms with E-state index in [-0.39, 0.29) is 5.56 Å². The molecule has 0 bridgehead atoms. The Morgan fingerprint density at radius 1 is 1.48 bits per heavy atom. The number of H-pyrrole nitrogens is 1. The molecule has 0 saturated heterocycles. The van der Waals surface area contributed by atoms with Crippen molar-refractivity contribution in [3.05, 3.63) is 40.8 Å². The van der Waals surface area contributed by atoms with Gasteiger partial charge in [-0.25, -0.2) is 9.78 Å². The maximum atomic E-state index is 11.2. The molecule has 110 valence electrons. The first kappa shape index (κ1) is 13.8. The lowest BCUT2D eigenvalue weighted by molar-refractivity contribution is 0.0697. The van der Waals surface area contributed by atoms with Gasteiger partial charge in [0.05, 0.1) is 11.3 Å². The van der Waals surface area contributed by atoms with Gasteiger partial charge in [-0.1, -0.05) is 6.07 Å². The van der Waals surface area contributed by atoms with Crippen molar-refractivity contribution >= 4 is 5.97 Å². The van der Waals surface area contributed by atoms with Gasteiger partial charge in [-0.3, -0.25) is 0 Å². The van der Waals surface area contributed by atoms with Crippen molar-refractivity contribution in [1.29, 1.82) is 0 Å². The van der Waals surface area contributed by atoms with Gasteiger partial charge in [-0.05, 0) is 37.5 Å². The van der Waals surface area contributed by atoms with Crippen LogP contribution >= 0.6 is 0 Å². The Morgan fingerprint density at radius 2 is 2.24 bits per heavy atom. The topological polar surface area (TPSA) is 75.2 Å². The highest BCUT2D eigenvalue weighted by molar-refractivity contribution is 5.89. The molecule has 1 heterocycles. The second-order valence-electron chi connectivity index (χ2n) is 5.49. The molecular weight excluding hydrogens is 268 g/mol. The lowest BCUT2D eigenvalue weighted by Crippen LogP contribution is -1.98. The summed E-state index contributed by atoms with van der Waals surface area (Å²) in [4.78, 5) is 19.1. The van der Waals surface area contributed by atoms with Gasteiger partial charge in [0.15, 0.2) is 0 Å². The first-order valence-electron chi connectivity index (χ1n) is 7.02. The number of carboxylic acids is 1. The number of benzene rings is 1. The lowest BCUT2D eigenvalue weighted by Gasteiger charge is -2.07. The van der Waals surface area contributed by atoms with Gasteiger partial charge >= 0.3 is 5.97 Å². The number of carboxylic acid groups (broad SMARTS) is 1. The molecule has 5 nitrogen and oxygen atoms in total. The van der Waals surface area contributed by atoms with Crippen LogP contribution in [0.25, 0.3) is 11.3 Å². The number of ether oxygens (including phenoxy) is 1. The number of aryl methyl sites for hydroxylation is 1. The zero-order valence-corrected chi connectivity index (χ0v) is 12.1. The predicted octanol–water partition coefficient (Wildman–Crippen LogP) is 3.11. The van der Waals surface area contributed by atoms with Crippen LogP contribution in [0.2, 0.25) is 0 Å². The molecule has 0 spiro atoms. The van der Waals surface area contributed by atoms with E-state index in [0.717, 1.165) is 41.2 Å². The van der Waals surface area contributed by atoms with Crippen LogP contribution in [0.15, 0.2) is 18.2 Å². The van der Waals surface area contributed by atoms with Gasteiger partial charge in [-0.15, -0.1) is 0 Å². The first-order valence-corrected chi connectivity index (χ1v) is 7.02. The molecule has 0 unspecified atom stereocenters. The molecule has 1 aromatic carbocycles. The quantitative estimate of drug-likeness (QED) is 0.885. The minimum absolute atomic E-state index is 0.286. The number of nitrogens with zero attached hydrogens (tertiary/aromatic N) is 1. The fraction of sp³-hybridized carbons (Fsp3) is 0.375. The Morgan fingerprint density at radius 3 is 2.86 bits per heavy atom. The van der Waals surface area contributed by atoms with Gasteiger partial charge in [0, 0.05) is 24.3 Å². The summed E-state index contributed by atoms with van der Waals surface area (Å²) >= 11 is 0. The monoisotopic (exact) mass is 286 g/mol. The van der Waals surface area contributed by atoms with E-state index in [1.54, 1.807) is 19.2 Å². The molecule has 1 aliphatic carbocycles. The Hall–Kier alpha value is -2.14. The largest absolute Gasteiger partial charge is 0.478 e. The predicted molar refractivity (Wildman–Crippen MR) is 78.4 cm³/mol. The molecular formula is C16H18N2O3. The summed E-state index contributed by atoms with van der Waals surface area (Å²) in [5, 5.41) is 9.18. The molecule has 2 aromatic rings. The average molecular weight is 286 g/mol. The molecule has 0 aliphatic heterocycles. The summed E-state index contributed by atoms with van der Waals surface area (Å²) in [6, 6.07) is 5.16. The van der Waals surface area contributed by atoms with Crippen molar-refractivity contribution in [2.24, 2.45) is 0 Å². The third-order valence-electron chi connectivity index (χ3n) is 3.79. The molecule has 1 fully saturated rings. The van der Waals surface area contributed by atoms with Crippen molar-refractivity contribution in [2.45, 2.75) is 32.3 Å². The number of aromatic carboxylic acids is 1. The lowest BCUT2D eigenvalue weighted by atomic mass is 10.00. The summed E-state index contributed by atoms with van der Waals surface area (Å²) in [7, 11) is 1.63. The van der Waals surface area contributed by atoms with Crippen LogP contribution in [0.5, 0.6) is 0 Å². The van der Waals surface area contributed by atoms with E-state index in [0.29, 0.717) is 12.5 Å². The van der Waals surface area contributed by atoms with Crippen LogP contribution in [0.4, 0.5) is 0 Å². The summed E-state index contributed by atoms with van der Waals surface area (Å²) in [5.41, 5.74) is 4.17. The van der Waals surface area contributed by atoms with Crippen LogP contribution in [-0.2, 0) is 11.3 Å². The van der Waals surface area contributed by atoms with Crippen LogP contribution in [-0.4, -0.2) is 28.2 Å². The fourth-order valence-electron chi connectivity index (χ4n) is 2.53. The number of aromatic amines is 1. The summed E-state index contributed by atoms with van der Waals surface area (Å²) in [5.74, 6) is 0.373. The standard InChI is InChI=1S/C16H18N2O3/c1-9-3-4-11(16(19)20)7-12(9)15-14(10-5-6-10)17-13(18-15)8-21-2/h3-4,7,10H,5-6,8H2,1-2H3,(H,17,18)(H,19,20). The summed E-state index contributed by atoms with van der Waals surface area (Å²) < 4.78 is 5.14. The number of imidazole rings is 1. The number of carbonyl (C=O) groups is 1.